The van der Waals surface area contributed by atoms with Crippen LogP contribution in [0.3, 0.4) is 0 Å². The number of Topliss-reactive ketones (excluding diaryl/α,β-unsaturated/α-hetero) is 1. The number of carbonyl (C=O) groups excluding carboxylic acids is 1. The summed E-state index contributed by atoms with van der Waals surface area (Å²) in [5.41, 5.74) is 2.39. The number of nitrogens with zero attached hydrogens (tertiary/aromatic N) is 1. The monoisotopic (exact) mass is 267 g/mol. The van der Waals surface area contributed by atoms with Gasteiger partial charge in [0, 0.05) is 0 Å². The van der Waals surface area contributed by atoms with Gasteiger partial charge in [0.1, 0.15) is 11.7 Å². The number of benzene rings is 1. The second-order valence-electron chi connectivity index (χ2n) is 5.14. The summed E-state index contributed by atoms with van der Waals surface area (Å²) in [6, 6.07) is 11.4. The van der Waals surface area contributed by atoms with Gasteiger partial charge >= 0.3 is 0 Å². The van der Waals surface area contributed by atoms with Gasteiger partial charge in [0.05, 0.1) is 17.9 Å². The Morgan fingerprint density at radius 2 is 1.75 bits per heavy atom. The molecule has 0 aliphatic carbocycles. The van der Waals surface area contributed by atoms with Crippen LogP contribution < -0.4 is 0 Å². The lowest BCUT2D eigenvalue weighted by atomic mass is 9.90. The second kappa shape index (κ2) is 5.75. The van der Waals surface area contributed by atoms with E-state index in [4.69, 9.17) is 4.42 Å². The lowest BCUT2D eigenvalue weighted by Gasteiger charge is -2.10. The number of hydrogen-bond acceptors (Lipinski definition) is 3. The van der Waals surface area contributed by atoms with Crippen LogP contribution in [0, 0.1) is 18.3 Å². The van der Waals surface area contributed by atoms with Crippen LogP contribution in [0.5, 0.6) is 0 Å². The van der Waals surface area contributed by atoms with Crippen molar-refractivity contribution in [2.75, 3.05) is 0 Å². The topological polar surface area (TPSA) is 54.0 Å². The molecule has 0 saturated heterocycles. The maximum absolute atomic E-state index is 12.4. The van der Waals surface area contributed by atoms with Crippen molar-refractivity contribution in [3.8, 4) is 6.07 Å². The molecule has 1 unspecified atom stereocenters. The first-order valence-electron chi connectivity index (χ1n) is 6.62. The predicted octanol–water partition coefficient (Wildman–Crippen LogP) is 4.20. The molecule has 1 aromatic heterocycles. The number of rotatable bonds is 4. The van der Waals surface area contributed by atoms with Crippen molar-refractivity contribution in [2.24, 2.45) is 0 Å². The molecule has 0 saturated carbocycles. The molecule has 2 rings (SSSR count). The lowest BCUT2D eigenvalue weighted by molar-refractivity contribution is 0.0977. The second-order valence-corrected chi connectivity index (χ2v) is 5.14. The average Bonchev–Trinajstić information content (AvgIpc) is 2.86. The third-order valence-electron chi connectivity index (χ3n) is 3.45. The van der Waals surface area contributed by atoms with Gasteiger partial charge < -0.3 is 4.42 Å². The number of ketones is 1. The molecule has 1 aromatic carbocycles. The van der Waals surface area contributed by atoms with Gasteiger partial charge in [-0.05, 0) is 30.0 Å². The van der Waals surface area contributed by atoms with Crippen molar-refractivity contribution in [2.45, 2.75) is 32.6 Å². The van der Waals surface area contributed by atoms with Crippen LogP contribution in [0.4, 0.5) is 0 Å². The van der Waals surface area contributed by atoms with Crippen LogP contribution in [-0.4, -0.2) is 5.78 Å². The SMILES string of the molecule is Cc1occc1C(=O)C(C#N)c1ccc(C(C)C)cc1. The van der Waals surface area contributed by atoms with Gasteiger partial charge in [-0.3, -0.25) is 4.79 Å². The van der Waals surface area contributed by atoms with E-state index in [-0.39, 0.29) is 5.78 Å². The van der Waals surface area contributed by atoms with Crippen molar-refractivity contribution in [1.82, 2.24) is 0 Å². The number of carbonyl (C=O) groups is 1. The predicted molar refractivity (Wildman–Crippen MR) is 76.7 cm³/mol. The summed E-state index contributed by atoms with van der Waals surface area (Å²) in [5.74, 6) is -0.0194. The minimum atomic E-state index is -0.785. The van der Waals surface area contributed by atoms with Crippen LogP contribution in [0.1, 0.15) is 52.9 Å². The van der Waals surface area contributed by atoms with E-state index in [2.05, 4.69) is 19.9 Å². The Morgan fingerprint density at radius 1 is 1.15 bits per heavy atom. The van der Waals surface area contributed by atoms with Crippen molar-refractivity contribution < 1.29 is 9.21 Å². The fourth-order valence-electron chi connectivity index (χ4n) is 2.15. The molecule has 102 valence electrons. The minimum absolute atomic E-state index is 0.212. The van der Waals surface area contributed by atoms with Crippen molar-refractivity contribution in [3.05, 3.63) is 59.0 Å². The van der Waals surface area contributed by atoms with Crippen LogP contribution in [0.25, 0.3) is 0 Å². The fraction of sp³-hybridized carbons (Fsp3) is 0.294. The Bertz CT molecular complexity index is 644. The van der Waals surface area contributed by atoms with Gasteiger partial charge in [-0.15, -0.1) is 0 Å². The summed E-state index contributed by atoms with van der Waals surface area (Å²) in [7, 11) is 0. The van der Waals surface area contributed by atoms with Gasteiger partial charge in [0.2, 0.25) is 0 Å². The van der Waals surface area contributed by atoms with Crippen LogP contribution >= 0.6 is 0 Å². The number of nitriles is 1. The zero-order chi connectivity index (χ0) is 14.7. The van der Waals surface area contributed by atoms with Crippen LogP contribution in [0.2, 0.25) is 0 Å². The molecule has 2 aromatic rings. The number of furan rings is 1. The van der Waals surface area contributed by atoms with Gasteiger partial charge in [-0.2, -0.15) is 5.26 Å². The highest BCUT2D eigenvalue weighted by Gasteiger charge is 2.24. The Labute approximate surface area is 118 Å². The number of aryl methyl sites for hydroxylation is 1. The summed E-state index contributed by atoms with van der Waals surface area (Å²) in [4.78, 5) is 12.4. The highest BCUT2D eigenvalue weighted by atomic mass is 16.3. The average molecular weight is 267 g/mol. The molecule has 0 aliphatic heterocycles. The largest absolute Gasteiger partial charge is 0.469 e. The summed E-state index contributed by atoms with van der Waals surface area (Å²) in [6.07, 6.45) is 1.47. The Balaban J connectivity index is 2.31. The summed E-state index contributed by atoms with van der Waals surface area (Å²) in [6.45, 7) is 5.94. The number of hydrogen-bond donors (Lipinski definition) is 0. The molecule has 0 amide bonds. The zero-order valence-electron chi connectivity index (χ0n) is 11.9. The minimum Gasteiger partial charge on any atom is -0.469 e. The summed E-state index contributed by atoms with van der Waals surface area (Å²) >= 11 is 0. The molecule has 0 N–H and O–H groups in total. The Hall–Kier alpha value is -2.34. The van der Waals surface area contributed by atoms with E-state index >= 15 is 0 Å². The maximum Gasteiger partial charge on any atom is 0.187 e. The summed E-state index contributed by atoms with van der Waals surface area (Å²) in [5, 5.41) is 9.32. The summed E-state index contributed by atoms with van der Waals surface area (Å²) < 4.78 is 5.14. The van der Waals surface area contributed by atoms with E-state index in [0.717, 1.165) is 5.56 Å². The molecule has 0 bridgehead atoms. The molecule has 1 atom stereocenters. The van der Waals surface area contributed by atoms with E-state index in [9.17, 15) is 10.1 Å². The van der Waals surface area contributed by atoms with Crippen molar-refractivity contribution >= 4 is 5.78 Å². The molecule has 0 fully saturated rings. The normalized spacial score (nSPS) is 12.2. The smallest absolute Gasteiger partial charge is 0.187 e. The third-order valence-corrected chi connectivity index (χ3v) is 3.45. The molecule has 0 radical (unpaired) electrons. The molecule has 20 heavy (non-hydrogen) atoms. The zero-order valence-corrected chi connectivity index (χ0v) is 11.9. The standard InChI is InChI=1S/C17H17NO2/c1-11(2)13-4-6-14(7-5-13)16(10-18)17(19)15-8-9-20-12(15)3/h4-9,11,16H,1-3H3. The molecular formula is C17H17NO2. The van der Waals surface area contributed by atoms with Crippen molar-refractivity contribution in [3.63, 3.8) is 0 Å². The molecule has 0 spiro atoms. The quantitative estimate of drug-likeness (QED) is 0.780. The van der Waals surface area contributed by atoms with Gasteiger partial charge in [-0.25, -0.2) is 0 Å². The third kappa shape index (κ3) is 2.65. The van der Waals surface area contributed by atoms with E-state index in [1.165, 1.54) is 11.8 Å². The highest BCUT2D eigenvalue weighted by Crippen LogP contribution is 2.24. The van der Waals surface area contributed by atoms with Crippen LogP contribution in [0.15, 0.2) is 41.0 Å². The van der Waals surface area contributed by atoms with Gasteiger partial charge in [0.15, 0.2) is 5.78 Å². The van der Waals surface area contributed by atoms with Crippen LogP contribution in [-0.2, 0) is 0 Å². The molecule has 0 aliphatic rings. The molecule has 3 nitrogen and oxygen atoms in total. The van der Waals surface area contributed by atoms with E-state index in [1.54, 1.807) is 13.0 Å². The van der Waals surface area contributed by atoms with Gasteiger partial charge in [-0.1, -0.05) is 38.1 Å². The first-order chi connectivity index (χ1) is 9.54. The Kier molecular flexibility index (Phi) is 4.05. The fourth-order valence-corrected chi connectivity index (χ4v) is 2.15. The Morgan fingerprint density at radius 3 is 2.20 bits per heavy atom. The molecular weight excluding hydrogens is 250 g/mol. The maximum atomic E-state index is 12.4. The van der Waals surface area contributed by atoms with E-state index < -0.39 is 5.92 Å². The van der Waals surface area contributed by atoms with E-state index in [0.29, 0.717) is 17.2 Å². The molecule has 3 heteroatoms. The van der Waals surface area contributed by atoms with Gasteiger partial charge in [0.25, 0.3) is 0 Å². The lowest BCUT2D eigenvalue weighted by Crippen LogP contribution is -2.11. The molecule has 1 heterocycles. The van der Waals surface area contributed by atoms with E-state index in [1.807, 2.05) is 24.3 Å². The first kappa shape index (κ1) is 14.1. The highest BCUT2D eigenvalue weighted by molar-refractivity contribution is 6.03. The first-order valence-corrected chi connectivity index (χ1v) is 6.62. The van der Waals surface area contributed by atoms with Crippen molar-refractivity contribution in [1.29, 1.82) is 5.26 Å².